The van der Waals surface area contributed by atoms with Crippen molar-refractivity contribution in [3.05, 3.63) is 23.0 Å². The molecule has 2 rings (SSSR count). The minimum atomic E-state index is 0.338. The molecule has 16 heavy (non-hydrogen) atoms. The van der Waals surface area contributed by atoms with Crippen LogP contribution in [0.4, 0.5) is 5.95 Å². The standard InChI is InChI=1S/C9H7ClN6/c1-12-9-13-3-5(2-11)7(15-9)8-6(10)4-14-16-8/h3-4H,1H3,(H,14,16)(H,12,13,15). The maximum absolute atomic E-state index is 8.94. The maximum Gasteiger partial charge on any atom is 0.223 e. The fraction of sp³-hybridized carbons (Fsp3) is 0.111. The predicted octanol–water partition coefficient (Wildman–Crippen LogP) is 1.43. The lowest BCUT2D eigenvalue weighted by molar-refractivity contribution is 1.07. The van der Waals surface area contributed by atoms with Crippen LogP contribution in [0, 0.1) is 11.3 Å². The fourth-order valence-corrected chi connectivity index (χ4v) is 1.39. The molecule has 6 nitrogen and oxygen atoms in total. The molecule has 7 heteroatoms. The highest BCUT2D eigenvalue weighted by Crippen LogP contribution is 2.26. The van der Waals surface area contributed by atoms with Crippen molar-refractivity contribution >= 4 is 17.5 Å². The summed E-state index contributed by atoms with van der Waals surface area (Å²) in [5, 5.41) is 18.6. The summed E-state index contributed by atoms with van der Waals surface area (Å²) < 4.78 is 0. The van der Waals surface area contributed by atoms with Crippen molar-refractivity contribution in [3.63, 3.8) is 0 Å². The molecule has 0 aliphatic carbocycles. The van der Waals surface area contributed by atoms with Gasteiger partial charge in [0.1, 0.15) is 17.5 Å². The predicted molar refractivity (Wildman–Crippen MR) is 58.9 cm³/mol. The number of anilines is 1. The van der Waals surface area contributed by atoms with E-state index in [1.165, 1.54) is 12.4 Å². The van der Waals surface area contributed by atoms with Gasteiger partial charge in [0, 0.05) is 7.05 Å². The van der Waals surface area contributed by atoms with Gasteiger partial charge in [-0.2, -0.15) is 10.4 Å². The molecule has 0 aliphatic heterocycles. The highest BCUT2D eigenvalue weighted by atomic mass is 35.5. The van der Waals surface area contributed by atoms with Gasteiger partial charge in [-0.1, -0.05) is 11.6 Å². The number of nitrogens with one attached hydrogen (secondary N) is 2. The first-order chi connectivity index (χ1) is 7.76. The van der Waals surface area contributed by atoms with Crippen LogP contribution in [0.25, 0.3) is 11.4 Å². The fourth-order valence-electron chi connectivity index (χ4n) is 1.21. The Morgan fingerprint density at radius 2 is 2.31 bits per heavy atom. The quantitative estimate of drug-likeness (QED) is 0.820. The van der Waals surface area contributed by atoms with Crippen molar-refractivity contribution in [1.82, 2.24) is 20.2 Å². The molecule has 2 aromatic heterocycles. The topological polar surface area (TPSA) is 90.3 Å². The van der Waals surface area contributed by atoms with Gasteiger partial charge in [-0.15, -0.1) is 0 Å². The lowest BCUT2D eigenvalue weighted by atomic mass is 10.2. The highest BCUT2D eigenvalue weighted by molar-refractivity contribution is 6.32. The molecule has 0 amide bonds. The van der Waals surface area contributed by atoms with Crippen LogP contribution in [-0.2, 0) is 0 Å². The molecule has 0 spiro atoms. The van der Waals surface area contributed by atoms with Gasteiger partial charge in [0.2, 0.25) is 5.95 Å². The number of nitriles is 1. The number of halogens is 1. The molecule has 80 valence electrons. The summed E-state index contributed by atoms with van der Waals surface area (Å²) in [6, 6.07) is 2.00. The van der Waals surface area contributed by atoms with Crippen molar-refractivity contribution in [2.45, 2.75) is 0 Å². The Morgan fingerprint density at radius 1 is 1.50 bits per heavy atom. The highest BCUT2D eigenvalue weighted by Gasteiger charge is 2.13. The van der Waals surface area contributed by atoms with Crippen molar-refractivity contribution in [2.75, 3.05) is 12.4 Å². The van der Waals surface area contributed by atoms with E-state index in [0.717, 1.165) is 0 Å². The van der Waals surface area contributed by atoms with Crippen LogP contribution < -0.4 is 5.32 Å². The Morgan fingerprint density at radius 3 is 2.88 bits per heavy atom. The van der Waals surface area contributed by atoms with E-state index >= 15 is 0 Å². The van der Waals surface area contributed by atoms with Crippen LogP contribution in [0.3, 0.4) is 0 Å². The minimum absolute atomic E-state index is 0.338. The normalized spacial score (nSPS) is 9.81. The molecular weight excluding hydrogens is 228 g/mol. The third-order valence-electron chi connectivity index (χ3n) is 1.96. The molecule has 0 aromatic carbocycles. The van der Waals surface area contributed by atoms with Gasteiger partial charge in [0.25, 0.3) is 0 Å². The molecule has 2 N–H and O–H groups in total. The van der Waals surface area contributed by atoms with Gasteiger partial charge in [-0.3, -0.25) is 5.10 Å². The van der Waals surface area contributed by atoms with Gasteiger partial charge in [0.15, 0.2) is 0 Å². The van der Waals surface area contributed by atoms with Crippen LogP contribution in [-0.4, -0.2) is 27.2 Å². The zero-order valence-electron chi connectivity index (χ0n) is 8.32. The van der Waals surface area contributed by atoms with E-state index in [2.05, 4.69) is 25.5 Å². The second-order valence-corrected chi connectivity index (χ2v) is 3.32. The second-order valence-electron chi connectivity index (χ2n) is 2.91. The smallest absolute Gasteiger partial charge is 0.223 e. The molecule has 0 unspecified atom stereocenters. The summed E-state index contributed by atoms with van der Waals surface area (Å²) >= 11 is 5.91. The number of hydrogen-bond acceptors (Lipinski definition) is 5. The molecule has 0 bridgehead atoms. The molecule has 0 aliphatic rings. The van der Waals surface area contributed by atoms with Gasteiger partial charge in [-0.05, 0) is 0 Å². The largest absolute Gasteiger partial charge is 0.357 e. The average Bonchev–Trinajstić information content (AvgIpc) is 2.74. The van der Waals surface area contributed by atoms with E-state index in [9.17, 15) is 0 Å². The first-order valence-electron chi connectivity index (χ1n) is 4.40. The molecule has 0 saturated heterocycles. The molecule has 2 aromatic rings. The SMILES string of the molecule is CNc1ncc(C#N)c(-c2[nH]ncc2Cl)n1. The van der Waals surface area contributed by atoms with E-state index in [1.54, 1.807) is 7.05 Å². The van der Waals surface area contributed by atoms with Gasteiger partial charge < -0.3 is 5.32 Å². The van der Waals surface area contributed by atoms with Crippen LogP contribution in [0.2, 0.25) is 5.02 Å². The van der Waals surface area contributed by atoms with Crippen molar-refractivity contribution in [3.8, 4) is 17.5 Å². The molecule has 0 radical (unpaired) electrons. The summed E-state index contributed by atoms with van der Waals surface area (Å²) in [6.07, 6.45) is 2.89. The molecular formula is C9H7ClN6. The summed E-state index contributed by atoms with van der Waals surface area (Å²) in [5.74, 6) is 0.416. The van der Waals surface area contributed by atoms with Gasteiger partial charge >= 0.3 is 0 Å². The summed E-state index contributed by atoms with van der Waals surface area (Å²) in [5.41, 5.74) is 1.28. The Bertz CT molecular complexity index is 555. The van der Waals surface area contributed by atoms with Crippen LogP contribution >= 0.6 is 11.6 Å². The number of aromatic amines is 1. The average molecular weight is 235 g/mol. The monoisotopic (exact) mass is 234 g/mol. The van der Waals surface area contributed by atoms with E-state index in [0.29, 0.717) is 27.9 Å². The number of H-pyrrole nitrogens is 1. The van der Waals surface area contributed by atoms with Crippen molar-refractivity contribution in [1.29, 1.82) is 5.26 Å². The summed E-state index contributed by atoms with van der Waals surface area (Å²) in [7, 11) is 1.69. The van der Waals surface area contributed by atoms with Gasteiger partial charge in [-0.25, -0.2) is 9.97 Å². The zero-order chi connectivity index (χ0) is 11.5. The number of aromatic nitrogens is 4. The lowest BCUT2D eigenvalue weighted by Gasteiger charge is -2.03. The Labute approximate surface area is 96.3 Å². The minimum Gasteiger partial charge on any atom is -0.357 e. The van der Waals surface area contributed by atoms with Crippen LogP contribution in [0.5, 0.6) is 0 Å². The first kappa shape index (κ1) is 10.4. The number of nitrogens with zero attached hydrogens (tertiary/aromatic N) is 4. The van der Waals surface area contributed by atoms with Crippen LogP contribution in [0.15, 0.2) is 12.4 Å². The molecule has 0 saturated carbocycles. The van der Waals surface area contributed by atoms with E-state index in [1.807, 2.05) is 6.07 Å². The zero-order valence-corrected chi connectivity index (χ0v) is 9.08. The Kier molecular flexibility index (Phi) is 2.70. The van der Waals surface area contributed by atoms with Crippen LogP contribution in [0.1, 0.15) is 5.56 Å². The molecule has 0 atom stereocenters. The van der Waals surface area contributed by atoms with Gasteiger partial charge in [0.05, 0.1) is 23.0 Å². The van der Waals surface area contributed by atoms with Crippen molar-refractivity contribution < 1.29 is 0 Å². The third-order valence-corrected chi connectivity index (χ3v) is 2.25. The summed E-state index contributed by atoms with van der Waals surface area (Å²) in [6.45, 7) is 0. The van der Waals surface area contributed by atoms with E-state index in [-0.39, 0.29) is 0 Å². The number of hydrogen-bond donors (Lipinski definition) is 2. The summed E-state index contributed by atoms with van der Waals surface area (Å²) in [4.78, 5) is 8.11. The Balaban J connectivity index is 2.63. The van der Waals surface area contributed by atoms with Crippen molar-refractivity contribution in [2.24, 2.45) is 0 Å². The third kappa shape index (κ3) is 1.68. The molecule has 0 fully saturated rings. The van der Waals surface area contributed by atoms with E-state index < -0.39 is 0 Å². The maximum atomic E-state index is 8.94. The van der Waals surface area contributed by atoms with E-state index in [4.69, 9.17) is 16.9 Å². The molecule has 2 heterocycles. The first-order valence-corrected chi connectivity index (χ1v) is 4.78. The second kappa shape index (κ2) is 4.16. The Hall–Kier alpha value is -2.13. The number of rotatable bonds is 2. The lowest BCUT2D eigenvalue weighted by Crippen LogP contribution is -2.00.